The van der Waals surface area contributed by atoms with Crippen LogP contribution >= 0.6 is 23.2 Å². The Bertz CT molecular complexity index is 753. The average Bonchev–Trinajstić information content (AvgIpc) is 2.52. The predicted octanol–water partition coefficient (Wildman–Crippen LogP) is 3.89. The third-order valence-corrected chi connectivity index (χ3v) is 3.79. The summed E-state index contributed by atoms with van der Waals surface area (Å²) in [5.41, 5.74) is 0.318. The van der Waals surface area contributed by atoms with Crippen LogP contribution in [0.4, 0.5) is 10.1 Å². The molecule has 0 heterocycles. The van der Waals surface area contributed by atoms with Crippen molar-refractivity contribution in [2.24, 2.45) is 0 Å². The molecule has 0 saturated heterocycles. The van der Waals surface area contributed by atoms with Gasteiger partial charge in [0.05, 0.1) is 15.7 Å². The molecule has 1 unspecified atom stereocenters. The van der Waals surface area contributed by atoms with Crippen molar-refractivity contribution in [3.05, 3.63) is 63.9 Å². The normalized spacial score (nSPS) is 11.7. The molecular weight excluding hydrogens is 342 g/mol. The highest BCUT2D eigenvalue weighted by Crippen LogP contribution is 2.22. The molecule has 0 fully saturated rings. The molecule has 1 atom stereocenters. The summed E-state index contributed by atoms with van der Waals surface area (Å²) in [5, 5.41) is 5.48. The van der Waals surface area contributed by atoms with Crippen LogP contribution in [0.3, 0.4) is 0 Å². The smallest absolute Gasteiger partial charge is 0.251 e. The molecule has 120 valence electrons. The van der Waals surface area contributed by atoms with Crippen LogP contribution in [0.1, 0.15) is 17.3 Å². The molecule has 7 heteroatoms. The van der Waals surface area contributed by atoms with E-state index in [2.05, 4.69) is 10.6 Å². The second kappa shape index (κ2) is 7.44. The minimum Gasteiger partial charge on any atom is -0.341 e. The van der Waals surface area contributed by atoms with Crippen molar-refractivity contribution in [1.82, 2.24) is 5.32 Å². The largest absolute Gasteiger partial charge is 0.341 e. The van der Waals surface area contributed by atoms with Gasteiger partial charge in [-0.3, -0.25) is 9.59 Å². The summed E-state index contributed by atoms with van der Waals surface area (Å²) in [6, 6.07) is 9.29. The average molecular weight is 355 g/mol. The lowest BCUT2D eigenvalue weighted by Gasteiger charge is -2.14. The molecule has 2 N–H and O–H groups in total. The third kappa shape index (κ3) is 4.43. The van der Waals surface area contributed by atoms with Crippen LogP contribution in [-0.2, 0) is 4.79 Å². The first-order chi connectivity index (χ1) is 10.9. The van der Waals surface area contributed by atoms with Crippen molar-refractivity contribution < 1.29 is 14.0 Å². The van der Waals surface area contributed by atoms with Crippen molar-refractivity contribution in [2.75, 3.05) is 5.32 Å². The fourth-order valence-corrected chi connectivity index (χ4v) is 2.08. The molecule has 2 aromatic carbocycles. The first-order valence-electron chi connectivity index (χ1n) is 6.70. The molecule has 0 aliphatic carbocycles. The van der Waals surface area contributed by atoms with E-state index in [1.807, 2.05) is 0 Å². The molecule has 23 heavy (non-hydrogen) atoms. The monoisotopic (exact) mass is 354 g/mol. The van der Waals surface area contributed by atoms with Crippen molar-refractivity contribution in [2.45, 2.75) is 13.0 Å². The number of hydrogen-bond donors (Lipinski definition) is 2. The zero-order valence-electron chi connectivity index (χ0n) is 12.1. The Kier molecular flexibility index (Phi) is 5.58. The van der Waals surface area contributed by atoms with Gasteiger partial charge in [-0.15, -0.1) is 0 Å². The quantitative estimate of drug-likeness (QED) is 0.874. The molecule has 2 rings (SSSR count). The van der Waals surface area contributed by atoms with E-state index in [0.717, 1.165) is 0 Å². The van der Waals surface area contributed by atoms with Gasteiger partial charge in [0.15, 0.2) is 0 Å². The summed E-state index contributed by atoms with van der Waals surface area (Å²) in [6.45, 7) is 1.49. The molecule has 0 saturated carbocycles. The van der Waals surface area contributed by atoms with Gasteiger partial charge in [-0.25, -0.2) is 4.39 Å². The van der Waals surface area contributed by atoms with Gasteiger partial charge in [-0.05, 0) is 37.3 Å². The van der Waals surface area contributed by atoms with Crippen molar-refractivity contribution in [3.63, 3.8) is 0 Å². The maximum Gasteiger partial charge on any atom is 0.251 e. The van der Waals surface area contributed by atoms with Gasteiger partial charge in [0, 0.05) is 5.56 Å². The lowest BCUT2D eigenvalue weighted by Crippen LogP contribution is -2.41. The van der Waals surface area contributed by atoms with Crippen LogP contribution in [0.5, 0.6) is 0 Å². The van der Waals surface area contributed by atoms with Crippen molar-refractivity contribution >= 4 is 40.7 Å². The van der Waals surface area contributed by atoms with Crippen LogP contribution in [0.25, 0.3) is 0 Å². The first kappa shape index (κ1) is 17.2. The van der Waals surface area contributed by atoms with E-state index < -0.39 is 23.7 Å². The molecule has 2 amide bonds. The molecule has 0 aliphatic heterocycles. The molecule has 4 nitrogen and oxygen atoms in total. The number of carbonyl (C=O) groups is 2. The summed E-state index contributed by atoms with van der Waals surface area (Å²) in [6.07, 6.45) is 0. The van der Waals surface area contributed by atoms with Gasteiger partial charge < -0.3 is 10.6 Å². The molecule has 2 aromatic rings. The highest BCUT2D eigenvalue weighted by Gasteiger charge is 2.18. The molecule has 0 aromatic heterocycles. The molecule has 0 spiro atoms. The number of halogens is 3. The standard InChI is InChI=1S/C16H13Cl2FN2O2/c1-9(15(22)21-14-5-3-2-4-13(14)19)20-16(23)10-6-7-11(17)12(18)8-10/h2-9H,1H3,(H,20,23)(H,21,22). The summed E-state index contributed by atoms with van der Waals surface area (Å²) < 4.78 is 13.5. The molecule has 0 aliphatic rings. The van der Waals surface area contributed by atoms with Gasteiger partial charge >= 0.3 is 0 Å². The van der Waals surface area contributed by atoms with Gasteiger partial charge in [-0.2, -0.15) is 0 Å². The van der Waals surface area contributed by atoms with Gasteiger partial charge in [-0.1, -0.05) is 35.3 Å². The van der Waals surface area contributed by atoms with Crippen molar-refractivity contribution in [3.8, 4) is 0 Å². The minimum atomic E-state index is -0.864. The van der Waals surface area contributed by atoms with E-state index in [4.69, 9.17) is 23.2 Å². The summed E-state index contributed by atoms with van der Waals surface area (Å²) in [4.78, 5) is 24.1. The Balaban J connectivity index is 2.01. The number of anilines is 1. The summed E-state index contributed by atoms with van der Waals surface area (Å²) in [7, 11) is 0. The topological polar surface area (TPSA) is 58.2 Å². The number of amides is 2. The Morgan fingerprint density at radius 1 is 1.09 bits per heavy atom. The van der Waals surface area contributed by atoms with Crippen LogP contribution in [0.15, 0.2) is 42.5 Å². The maximum atomic E-state index is 13.5. The van der Waals surface area contributed by atoms with E-state index in [-0.39, 0.29) is 16.3 Å². The van der Waals surface area contributed by atoms with E-state index in [9.17, 15) is 14.0 Å². The SMILES string of the molecule is CC(NC(=O)c1ccc(Cl)c(Cl)c1)C(=O)Nc1ccccc1F. The number of hydrogen-bond acceptors (Lipinski definition) is 2. The highest BCUT2D eigenvalue weighted by atomic mass is 35.5. The summed E-state index contributed by atoms with van der Waals surface area (Å²) >= 11 is 11.6. The molecule has 0 bridgehead atoms. The fraction of sp³-hybridized carbons (Fsp3) is 0.125. The Morgan fingerprint density at radius 3 is 2.43 bits per heavy atom. The zero-order valence-corrected chi connectivity index (χ0v) is 13.6. The van der Waals surface area contributed by atoms with Gasteiger partial charge in [0.1, 0.15) is 11.9 Å². The fourth-order valence-electron chi connectivity index (χ4n) is 1.79. The lowest BCUT2D eigenvalue weighted by molar-refractivity contribution is -0.117. The number of para-hydroxylation sites is 1. The van der Waals surface area contributed by atoms with E-state index in [0.29, 0.717) is 5.02 Å². The third-order valence-electron chi connectivity index (χ3n) is 3.05. The summed E-state index contributed by atoms with van der Waals surface area (Å²) in [5.74, 6) is -1.58. The highest BCUT2D eigenvalue weighted by molar-refractivity contribution is 6.42. The number of benzene rings is 2. The Morgan fingerprint density at radius 2 is 1.78 bits per heavy atom. The van der Waals surface area contributed by atoms with E-state index in [1.54, 1.807) is 6.07 Å². The predicted molar refractivity (Wildman–Crippen MR) is 88.4 cm³/mol. The number of rotatable bonds is 4. The number of carbonyl (C=O) groups excluding carboxylic acids is 2. The van der Waals surface area contributed by atoms with Gasteiger partial charge in [0.25, 0.3) is 5.91 Å². The van der Waals surface area contributed by atoms with Gasteiger partial charge in [0.2, 0.25) is 5.91 Å². The van der Waals surface area contributed by atoms with E-state index in [1.165, 1.54) is 43.3 Å². The second-order valence-corrected chi connectivity index (χ2v) is 5.61. The van der Waals surface area contributed by atoms with Crippen LogP contribution < -0.4 is 10.6 Å². The van der Waals surface area contributed by atoms with Crippen LogP contribution in [0.2, 0.25) is 10.0 Å². The zero-order chi connectivity index (χ0) is 17.0. The second-order valence-electron chi connectivity index (χ2n) is 4.79. The Hall–Kier alpha value is -2.11. The van der Waals surface area contributed by atoms with Crippen LogP contribution in [0, 0.1) is 5.82 Å². The minimum absolute atomic E-state index is 0.0492. The number of nitrogens with one attached hydrogen (secondary N) is 2. The van der Waals surface area contributed by atoms with Crippen LogP contribution in [-0.4, -0.2) is 17.9 Å². The maximum absolute atomic E-state index is 13.5. The molecule has 0 radical (unpaired) electrons. The lowest BCUT2D eigenvalue weighted by atomic mass is 10.2. The molecular formula is C16H13Cl2FN2O2. The van der Waals surface area contributed by atoms with E-state index >= 15 is 0 Å². The van der Waals surface area contributed by atoms with Crippen molar-refractivity contribution in [1.29, 1.82) is 0 Å². The first-order valence-corrected chi connectivity index (χ1v) is 7.45. The Labute approximate surface area is 142 Å².